The number of alkyl halides is 3. The van der Waals surface area contributed by atoms with Crippen LogP contribution in [0.1, 0.15) is 6.42 Å². The predicted octanol–water partition coefficient (Wildman–Crippen LogP) is 0.157. The normalized spacial score (nSPS) is 24.5. The highest BCUT2D eigenvalue weighted by molar-refractivity contribution is 5.77. The fourth-order valence-electron chi connectivity index (χ4n) is 1.62. The van der Waals surface area contributed by atoms with E-state index in [1.165, 1.54) is 11.9 Å². The summed E-state index contributed by atoms with van der Waals surface area (Å²) < 4.78 is 36.2. The number of rotatable bonds is 2. The summed E-state index contributed by atoms with van der Waals surface area (Å²) in [7, 11) is 1.53. The van der Waals surface area contributed by atoms with Crippen LogP contribution in [0.25, 0.3) is 0 Å². The molecule has 1 heterocycles. The van der Waals surface area contributed by atoms with Gasteiger partial charge in [-0.1, -0.05) is 0 Å². The topological polar surface area (TPSA) is 53.6 Å². The molecule has 0 aromatic heterocycles. The van der Waals surface area contributed by atoms with Crippen LogP contribution in [0.3, 0.4) is 0 Å². The Labute approximate surface area is 86.3 Å². The summed E-state index contributed by atoms with van der Waals surface area (Å²) in [5.41, 5.74) is 5.42. The number of hydrogen-bond acceptors (Lipinski definition) is 2. The zero-order chi connectivity index (χ0) is 11.5. The Hall–Kier alpha value is -0.980. The molecule has 1 fully saturated rings. The van der Waals surface area contributed by atoms with E-state index < -0.39 is 12.7 Å². The third-order valence-corrected chi connectivity index (χ3v) is 2.27. The molecule has 0 aromatic rings. The molecule has 88 valence electrons. The van der Waals surface area contributed by atoms with Crippen LogP contribution in [0.5, 0.6) is 0 Å². The van der Waals surface area contributed by atoms with Gasteiger partial charge in [-0.3, -0.25) is 9.89 Å². The van der Waals surface area contributed by atoms with E-state index in [1.54, 1.807) is 0 Å². The van der Waals surface area contributed by atoms with Gasteiger partial charge in [0, 0.05) is 26.2 Å². The lowest BCUT2D eigenvalue weighted by molar-refractivity contribution is -0.143. The second kappa shape index (κ2) is 4.69. The zero-order valence-electron chi connectivity index (χ0n) is 8.51. The van der Waals surface area contributed by atoms with Gasteiger partial charge >= 0.3 is 6.18 Å². The molecule has 0 saturated carbocycles. The van der Waals surface area contributed by atoms with Crippen molar-refractivity contribution in [1.82, 2.24) is 10.2 Å². The Balaban J connectivity index is 2.33. The van der Waals surface area contributed by atoms with Crippen LogP contribution in [0.2, 0.25) is 0 Å². The van der Waals surface area contributed by atoms with E-state index in [0.29, 0.717) is 19.5 Å². The first-order valence-corrected chi connectivity index (χ1v) is 4.68. The highest BCUT2D eigenvalue weighted by Gasteiger charge is 2.34. The Bertz CT molecular complexity index is 239. The first-order chi connectivity index (χ1) is 6.90. The minimum absolute atomic E-state index is 0.0314. The van der Waals surface area contributed by atoms with Crippen molar-refractivity contribution < 1.29 is 13.2 Å². The van der Waals surface area contributed by atoms with Crippen molar-refractivity contribution in [3.63, 3.8) is 0 Å². The Morgan fingerprint density at radius 1 is 1.60 bits per heavy atom. The standard InChI is InChI=1S/C8H15F3N4/c1-13-7(12)14-6-2-3-15(4-6)5-8(9,10)11/h6H,2-5H2,1H3,(H3,12,13,14). The molecule has 0 aromatic carbocycles. The number of nitrogens with zero attached hydrogens (tertiary/aromatic N) is 2. The monoisotopic (exact) mass is 224 g/mol. The van der Waals surface area contributed by atoms with Crippen LogP contribution in [0, 0.1) is 0 Å². The minimum atomic E-state index is -4.13. The molecule has 0 aliphatic carbocycles. The van der Waals surface area contributed by atoms with E-state index in [-0.39, 0.29) is 12.0 Å². The molecule has 1 atom stereocenters. The van der Waals surface area contributed by atoms with Crippen molar-refractivity contribution >= 4 is 5.96 Å². The summed E-state index contributed by atoms with van der Waals surface area (Å²) in [5.74, 6) is 0.272. The number of nitrogens with two attached hydrogens (primary N) is 1. The summed E-state index contributed by atoms with van der Waals surface area (Å²) in [5, 5.41) is 2.86. The van der Waals surface area contributed by atoms with Gasteiger partial charge in [0.25, 0.3) is 0 Å². The molecule has 7 heteroatoms. The molecule has 0 bridgehead atoms. The molecule has 3 N–H and O–H groups in total. The van der Waals surface area contributed by atoms with Crippen molar-refractivity contribution in [2.45, 2.75) is 18.6 Å². The van der Waals surface area contributed by atoms with Crippen LogP contribution < -0.4 is 11.1 Å². The summed E-state index contributed by atoms with van der Waals surface area (Å²) in [6, 6.07) is -0.0314. The molecule has 1 aliphatic heterocycles. The quantitative estimate of drug-likeness (QED) is 0.519. The van der Waals surface area contributed by atoms with Gasteiger partial charge in [-0.15, -0.1) is 0 Å². The van der Waals surface area contributed by atoms with Crippen molar-refractivity contribution in [3.05, 3.63) is 0 Å². The maximum atomic E-state index is 12.1. The Kier molecular flexibility index (Phi) is 3.78. The zero-order valence-corrected chi connectivity index (χ0v) is 8.51. The van der Waals surface area contributed by atoms with Gasteiger partial charge in [0.15, 0.2) is 5.96 Å². The maximum Gasteiger partial charge on any atom is 0.401 e. The van der Waals surface area contributed by atoms with Crippen molar-refractivity contribution in [3.8, 4) is 0 Å². The molecule has 1 rings (SSSR count). The predicted molar refractivity (Wildman–Crippen MR) is 51.6 cm³/mol. The van der Waals surface area contributed by atoms with Crippen LogP contribution in [-0.4, -0.2) is 49.8 Å². The van der Waals surface area contributed by atoms with E-state index in [1.807, 2.05) is 0 Å². The summed E-state index contributed by atoms with van der Waals surface area (Å²) in [6.07, 6.45) is -3.47. The highest BCUT2D eigenvalue weighted by atomic mass is 19.4. The molecule has 1 unspecified atom stereocenters. The van der Waals surface area contributed by atoms with Crippen LogP contribution >= 0.6 is 0 Å². The second-order valence-electron chi connectivity index (χ2n) is 3.59. The van der Waals surface area contributed by atoms with Crippen molar-refractivity contribution in [2.24, 2.45) is 10.7 Å². The number of guanidine groups is 1. The molecule has 15 heavy (non-hydrogen) atoms. The summed E-state index contributed by atoms with van der Waals surface area (Å²) in [6.45, 7) is -0.0573. The molecular weight excluding hydrogens is 209 g/mol. The van der Waals surface area contributed by atoms with E-state index >= 15 is 0 Å². The third-order valence-electron chi connectivity index (χ3n) is 2.27. The molecule has 4 nitrogen and oxygen atoms in total. The van der Waals surface area contributed by atoms with E-state index in [2.05, 4.69) is 10.3 Å². The second-order valence-corrected chi connectivity index (χ2v) is 3.59. The van der Waals surface area contributed by atoms with Crippen LogP contribution in [0.15, 0.2) is 4.99 Å². The molecule has 1 aliphatic rings. The van der Waals surface area contributed by atoms with Gasteiger partial charge in [-0.05, 0) is 6.42 Å². The molecule has 0 amide bonds. The fourth-order valence-corrected chi connectivity index (χ4v) is 1.62. The lowest BCUT2D eigenvalue weighted by Gasteiger charge is -2.18. The van der Waals surface area contributed by atoms with E-state index in [9.17, 15) is 13.2 Å². The molecular formula is C8H15F3N4. The SMILES string of the molecule is CN=C(N)NC1CCN(CC(F)(F)F)C1. The van der Waals surface area contributed by atoms with Crippen LogP contribution in [0.4, 0.5) is 13.2 Å². The average Bonchev–Trinajstić information content (AvgIpc) is 2.49. The number of likely N-dealkylation sites (tertiary alicyclic amines) is 1. The molecule has 0 spiro atoms. The van der Waals surface area contributed by atoms with Gasteiger partial charge in [0.1, 0.15) is 0 Å². The van der Waals surface area contributed by atoms with Gasteiger partial charge in [-0.25, -0.2) is 0 Å². The molecule has 1 saturated heterocycles. The maximum absolute atomic E-state index is 12.1. The van der Waals surface area contributed by atoms with Gasteiger partial charge < -0.3 is 11.1 Å². The fraction of sp³-hybridized carbons (Fsp3) is 0.875. The smallest absolute Gasteiger partial charge is 0.370 e. The van der Waals surface area contributed by atoms with Gasteiger partial charge in [-0.2, -0.15) is 13.2 Å². The van der Waals surface area contributed by atoms with E-state index in [4.69, 9.17) is 5.73 Å². The van der Waals surface area contributed by atoms with Gasteiger partial charge in [0.2, 0.25) is 0 Å². The number of halogens is 3. The Morgan fingerprint density at radius 2 is 2.27 bits per heavy atom. The number of aliphatic imine (C=N–C) groups is 1. The van der Waals surface area contributed by atoms with Crippen molar-refractivity contribution in [2.75, 3.05) is 26.7 Å². The van der Waals surface area contributed by atoms with Gasteiger partial charge in [0.05, 0.1) is 6.54 Å². The number of hydrogen-bond donors (Lipinski definition) is 2. The van der Waals surface area contributed by atoms with Crippen LogP contribution in [-0.2, 0) is 0 Å². The highest BCUT2D eigenvalue weighted by Crippen LogP contribution is 2.19. The number of nitrogens with one attached hydrogen (secondary N) is 1. The first-order valence-electron chi connectivity index (χ1n) is 4.68. The lowest BCUT2D eigenvalue weighted by Crippen LogP contribution is -2.42. The first kappa shape index (κ1) is 12.1. The largest absolute Gasteiger partial charge is 0.401 e. The lowest BCUT2D eigenvalue weighted by atomic mass is 10.3. The summed E-state index contributed by atoms with van der Waals surface area (Å²) in [4.78, 5) is 5.06. The third kappa shape index (κ3) is 4.37. The minimum Gasteiger partial charge on any atom is -0.370 e. The van der Waals surface area contributed by atoms with E-state index in [0.717, 1.165) is 0 Å². The molecule has 0 radical (unpaired) electrons. The Morgan fingerprint density at radius 3 is 2.80 bits per heavy atom. The summed E-state index contributed by atoms with van der Waals surface area (Å²) >= 11 is 0. The van der Waals surface area contributed by atoms with Crippen molar-refractivity contribution in [1.29, 1.82) is 0 Å². The average molecular weight is 224 g/mol.